The third kappa shape index (κ3) is 3.97. The van der Waals surface area contributed by atoms with Crippen LogP contribution in [0, 0.1) is 10.1 Å². The number of amides is 1. The van der Waals surface area contributed by atoms with Crippen molar-refractivity contribution in [2.75, 3.05) is 26.2 Å². The molecule has 0 bridgehead atoms. The molecule has 9 heteroatoms. The number of carbonyl (C=O) groups is 1. The van der Waals surface area contributed by atoms with Gasteiger partial charge >= 0.3 is 5.69 Å². The number of piperazine rings is 1. The van der Waals surface area contributed by atoms with Gasteiger partial charge < -0.3 is 10.0 Å². The normalized spacial score (nSPS) is 18.8. The third-order valence-electron chi connectivity index (χ3n) is 4.15. The Bertz CT molecular complexity index is 627. The summed E-state index contributed by atoms with van der Waals surface area (Å²) in [6.45, 7) is 2.43. The summed E-state index contributed by atoms with van der Waals surface area (Å²) in [6, 6.07) is 3.28. The number of nitrogens with zero attached hydrogens (tertiary/aromatic N) is 3. The van der Waals surface area contributed by atoms with Crippen LogP contribution >= 0.6 is 0 Å². The molecule has 0 aromatic heterocycles. The van der Waals surface area contributed by atoms with E-state index in [0.29, 0.717) is 13.0 Å². The van der Waals surface area contributed by atoms with Crippen LogP contribution < -0.4 is 0 Å². The van der Waals surface area contributed by atoms with Crippen LogP contribution in [0.5, 0.6) is 5.75 Å². The van der Waals surface area contributed by atoms with Crippen LogP contribution in [0.1, 0.15) is 23.7 Å². The Balaban J connectivity index is 2.13. The van der Waals surface area contributed by atoms with Crippen LogP contribution in [0.15, 0.2) is 18.2 Å². The summed E-state index contributed by atoms with van der Waals surface area (Å²) in [7, 11) is 0. The molecule has 0 saturated carbocycles. The number of rotatable bonds is 5. The van der Waals surface area contributed by atoms with E-state index in [0.717, 1.165) is 12.1 Å². The fourth-order valence-electron chi connectivity index (χ4n) is 2.87. The highest BCUT2D eigenvalue weighted by Gasteiger charge is 2.31. The van der Waals surface area contributed by atoms with Crippen LogP contribution in [0.25, 0.3) is 0 Å². The molecular formula is C15H19F2N3O4. The molecule has 1 aromatic rings. The van der Waals surface area contributed by atoms with Crippen LogP contribution in [0.4, 0.5) is 14.5 Å². The minimum atomic E-state index is -2.43. The van der Waals surface area contributed by atoms with Crippen molar-refractivity contribution < 1.29 is 23.6 Å². The van der Waals surface area contributed by atoms with Crippen molar-refractivity contribution in [2.24, 2.45) is 0 Å². The number of alkyl halides is 2. The first-order chi connectivity index (χ1) is 11.3. The Morgan fingerprint density at radius 2 is 2.17 bits per heavy atom. The molecule has 0 aliphatic carbocycles. The summed E-state index contributed by atoms with van der Waals surface area (Å²) >= 11 is 0. The number of phenols is 1. The second kappa shape index (κ2) is 7.52. The van der Waals surface area contributed by atoms with Gasteiger partial charge in [0.15, 0.2) is 5.75 Å². The molecular weight excluding hydrogens is 324 g/mol. The van der Waals surface area contributed by atoms with Gasteiger partial charge in [-0.1, -0.05) is 6.92 Å². The fourth-order valence-corrected chi connectivity index (χ4v) is 2.87. The summed E-state index contributed by atoms with van der Waals surface area (Å²) in [5, 5.41) is 20.3. The predicted molar refractivity (Wildman–Crippen MR) is 82.3 cm³/mol. The number of halogens is 2. The number of carbonyl (C=O) groups excluding carboxylic acids is 1. The molecule has 1 aromatic carbocycles. The fraction of sp³-hybridized carbons (Fsp3) is 0.533. The Hall–Kier alpha value is -2.29. The molecule has 1 saturated heterocycles. The molecule has 7 nitrogen and oxygen atoms in total. The summed E-state index contributed by atoms with van der Waals surface area (Å²) < 4.78 is 25.2. The molecule has 1 aliphatic heterocycles. The second-order valence-electron chi connectivity index (χ2n) is 5.66. The van der Waals surface area contributed by atoms with Crippen molar-refractivity contribution in [1.29, 1.82) is 0 Å². The number of hydrogen-bond acceptors (Lipinski definition) is 5. The monoisotopic (exact) mass is 343 g/mol. The maximum atomic E-state index is 12.6. The van der Waals surface area contributed by atoms with E-state index in [1.165, 1.54) is 11.0 Å². The molecule has 0 unspecified atom stereocenters. The minimum absolute atomic E-state index is 0.0941. The number of benzene rings is 1. The van der Waals surface area contributed by atoms with Gasteiger partial charge in [-0.25, -0.2) is 8.78 Å². The van der Waals surface area contributed by atoms with Crippen molar-refractivity contribution in [1.82, 2.24) is 9.80 Å². The molecule has 1 amide bonds. The molecule has 24 heavy (non-hydrogen) atoms. The molecule has 1 fully saturated rings. The molecule has 1 aliphatic rings. The number of nitro benzene ring substituents is 1. The van der Waals surface area contributed by atoms with Crippen molar-refractivity contribution in [3.8, 4) is 5.75 Å². The lowest BCUT2D eigenvalue weighted by molar-refractivity contribution is -0.385. The zero-order valence-electron chi connectivity index (χ0n) is 13.2. The van der Waals surface area contributed by atoms with E-state index in [9.17, 15) is 28.8 Å². The topological polar surface area (TPSA) is 86.9 Å². The minimum Gasteiger partial charge on any atom is -0.502 e. The Morgan fingerprint density at radius 1 is 1.46 bits per heavy atom. The van der Waals surface area contributed by atoms with Gasteiger partial charge in [0.05, 0.1) is 11.5 Å². The highest BCUT2D eigenvalue weighted by atomic mass is 19.3. The van der Waals surface area contributed by atoms with Gasteiger partial charge in [-0.3, -0.25) is 19.8 Å². The lowest BCUT2D eigenvalue weighted by atomic mass is 10.1. The van der Waals surface area contributed by atoms with Crippen LogP contribution in [0.3, 0.4) is 0 Å². The standard InChI is InChI=1S/C15H19F2N3O4/c1-2-11-8-19(6-5-18(11)9-14(16)17)15(22)10-3-4-13(21)12(7-10)20(23)24/h3-4,7,11,14,21H,2,5-6,8-9H2,1H3/t11-/m0/s1. The number of hydrogen-bond donors (Lipinski definition) is 1. The maximum absolute atomic E-state index is 12.6. The summed E-state index contributed by atoms with van der Waals surface area (Å²) in [5.41, 5.74) is -0.444. The molecule has 1 heterocycles. The van der Waals surface area contributed by atoms with Gasteiger partial charge in [0, 0.05) is 37.3 Å². The van der Waals surface area contributed by atoms with Crippen LogP contribution in [0.2, 0.25) is 0 Å². The van der Waals surface area contributed by atoms with Gasteiger partial charge in [0.1, 0.15) is 0 Å². The predicted octanol–water partition coefficient (Wildman–Crippen LogP) is 2.10. The molecule has 0 radical (unpaired) electrons. The smallest absolute Gasteiger partial charge is 0.311 e. The second-order valence-corrected chi connectivity index (χ2v) is 5.66. The quantitative estimate of drug-likeness (QED) is 0.653. The molecule has 132 valence electrons. The molecule has 0 spiro atoms. The first-order valence-corrected chi connectivity index (χ1v) is 7.62. The van der Waals surface area contributed by atoms with Crippen molar-refractivity contribution in [2.45, 2.75) is 25.8 Å². The molecule has 2 rings (SSSR count). The van der Waals surface area contributed by atoms with E-state index >= 15 is 0 Å². The van der Waals surface area contributed by atoms with Gasteiger partial charge in [0.25, 0.3) is 12.3 Å². The number of aromatic hydroxyl groups is 1. The van der Waals surface area contributed by atoms with E-state index in [1.54, 1.807) is 4.90 Å². The summed E-state index contributed by atoms with van der Waals surface area (Å²) in [4.78, 5) is 25.8. The zero-order chi connectivity index (χ0) is 17.9. The third-order valence-corrected chi connectivity index (χ3v) is 4.15. The van der Waals surface area contributed by atoms with Crippen molar-refractivity contribution in [3.05, 3.63) is 33.9 Å². The Kier molecular flexibility index (Phi) is 5.66. The summed E-state index contributed by atoms with van der Waals surface area (Å²) in [5.74, 6) is -0.919. The lowest BCUT2D eigenvalue weighted by Gasteiger charge is -2.41. The van der Waals surface area contributed by atoms with Gasteiger partial charge in [-0.15, -0.1) is 0 Å². The average Bonchev–Trinajstić information content (AvgIpc) is 2.54. The van der Waals surface area contributed by atoms with Crippen LogP contribution in [-0.4, -0.2) is 64.4 Å². The Labute approximate surface area is 137 Å². The first kappa shape index (κ1) is 18.1. The van der Waals surface area contributed by atoms with E-state index in [2.05, 4.69) is 0 Å². The maximum Gasteiger partial charge on any atom is 0.311 e. The average molecular weight is 343 g/mol. The molecule has 1 N–H and O–H groups in total. The van der Waals surface area contributed by atoms with Gasteiger partial charge in [-0.2, -0.15) is 0 Å². The van der Waals surface area contributed by atoms with E-state index in [1.807, 2.05) is 6.92 Å². The summed E-state index contributed by atoms with van der Waals surface area (Å²) in [6.07, 6.45) is -1.81. The largest absolute Gasteiger partial charge is 0.502 e. The van der Waals surface area contributed by atoms with Crippen molar-refractivity contribution in [3.63, 3.8) is 0 Å². The van der Waals surface area contributed by atoms with Gasteiger partial charge in [0.2, 0.25) is 0 Å². The van der Waals surface area contributed by atoms with E-state index in [-0.39, 0.29) is 31.2 Å². The first-order valence-electron chi connectivity index (χ1n) is 7.62. The SMILES string of the molecule is CC[C@H]1CN(C(=O)c2ccc(O)c([N+](=O)[O-])c2)CCN1CC(F)F. The highest BCUT2D eigenvalue weighted by molar-refractivity contribution is 5.95. The van der Waals surface area contributed by atoms with Crippen molar-refractivity contribution >= 4 is 11.6 Å². The Morgan fingerprint density at radius 3 is 2.75 bits per heavy atom. The number of phenolic OH excluding ortho intramolecular Hbond substituents is 1. The zero-order valence-corrected chi connectivity index (χ0v) is 13.2. The van der Waals surface area contributed by atoms with Crippen LogP contribution in [-0.2, 0) is 0 Å². The molecule has 1 atom stereocenters. The van der Waals surface area contributed by atoms with E-state index in [4.69, 9.17) is 0 Å². The lowest BCUT2D eigenvalue weighted by Crippen LogP contribution is -2.55. The number of nitro groups is 1. The van der Waals surface area contributed by atoms with Gasteiger partial charge in [-0.05, 0) is 18.6 Å². The highest BCUT2D eigenvalue weighted by Crippen LogP contribution is 2.27. The van der Waals surface area contributed by atoms with E-state index < -0.39 is 28.7 Å².